The van der Waals surface area contributed by atoms with Crippen LogP contribution in [0.25, 0.3) is 0 Å². The molecule has 7 heteroatoms. The Bertz CT molecular complexity index is 644. The molecule has 0 unspecified atom stereocenters. The minimum Gasteiger partial charge on any atom is -0.366 e. The molecule has 116 valence electrons. The Balaban J connectivity index is 1.70. The van der Waals surface area contributed by atoms with E-state index in [1.54, 1.807) is 24.4 Å². The number of anilines is 3. The van der Waals surface area contributed by atoms with Crippen LogP contribution in [0.3, 0.4) is 0 Å². The summed E-state index contributed by atoms with van der Waals surface area (Å²) in [7, 11) is 0. The summed E-state index contributed by atoms with van der Waals surface area (Å²) in [5.74, 6) is 1.14. The highest BCUT2D eigenvalue weighted by Crippen LogP contribution is 2.27. The summed E-state index contributed by atoms with van der Waals surface area (Å²) in [6.45, 7) is 0. The lowest BCUT2D eigenvalue weighted by Gasteiger charge is -2.23. The normalized spacial score (nSPS) is 15.5. The first-order valence-electron chi connectivity index (χ1n) is 7.39. The lowest BCUT2D eigenvalue weighted by Crippen LogP contribution is -2.23. The lowest BCUT2D eigenvalue weighted by molar-refractivity contribution is 0.461. The van der Waals surface area contributed by atoms with Gasteiger partial charge in [-0.15, -0.1) is 5.10 Å². The van der Waals surface area contributed by atoms with Crippen molar-refractivity contribution >= 4 is 40.7 Å². The van der Waals surface area contributed by atoms with Crippen LogP contribution in [-0.2, 0) is 0 Å². The molecule has 3 rings (SSSR count). The number of aromatic nitrogens is 3. The first-order chi connectivity index (χ1) is 10.7. The fraction of sp³-hybridized carbons (Fsp3) is 0.400. The van der Waals surface area contributed by atoms with Crippen molar-refractivity contribution in [1.29, 1.82) is 0 Å². The molecule has 1 heterocycles. The van der Waals surface area contributed by atoms with Gasteiger partial charge in [0.2, 0.25) is 5.95 Å². The van der Waals surface area contributed by atoms with Gasteiger partial charge in [0, 0.05) is 11.1 Å². The van der Waals surface area contributed by atoms with Crippen LogP contribution in [0, 0.1) is 0 Å². The van der Waals surface area contributed by atoms with Crippen molar-refractivity contribution in [1.82, 2.24) is 15.2 Å². The van der Waals surface area contributed by atoms with Crippen molar-refractivity contribution in [3.63, 3.8) is 0 Å². The number of benzene rings is 1. The van der Waals surface area contributed by atoms with Gasteiger partial charge in [0.05, 0.1) is 16.9 Å². The molecule has 0 bridgehead atoms. The van der Waals surface area contributed by atoms with E-state index in [1.807, 2.05) is 0 Å². The molecule has 1 aromatic carbocycles. The van der Waals surface area contributed by atoms with Crippen LogP contribution in [0.4, 0.5) is 17.5 Å². The number of hydrogen-bond acceptors (Lipinski definition) is 5. The van der Waals surface area contributed by atoms with Crippen LogP contribution in [-0.4, -0.2) is 21.2 Å². The lowest BCUT2D eigenvalue weighted by atomic mass is 9.96. The third-order valence-corrected chi connectivity index (χ3v) is 4.24. The second-order valence-electron chi connectivity index (χ2n) is 5.39. The molecule has 1 aromatic heterocycles. The van der Waals surface area contributed by atoms with E-state index in [0.717, 1.165) is 5.82 Å². The van der Waals surface area contributed by atoms with Gasteiger partial charge in [-0.2, -0.15) is 10.1 Å². The van der Waals surface area contributed by atoms with Crippen LogP contribution < -0.4 is 10.6 Å². The van der Waals surface area contributed by atoms with E-state index in [0.29, 0.717) is 27.7 Å². The molecule has 1 aliphatic carbocycles. The Morgan fingerprint density at radius 3 is 2.68 bits per heavy atom. The second-order valence-corrected chi connectivity index (χ2v) is 6.24. The highest BCUT2D eigenvalue weighted by molar-refractivity contribution is 6.36. The van der Waals surface area contributed by atoms with Gasteiger partial charge in [-0.1, -0.05) is 42.5 Å². The summed E-state index contributed by atoms with van der Waals surface area (Å²) in [5, 5.41) is 15.6. The zero-order valence-corrected chi connectivity index (χ0v) is 13.5. The predicted octanol–water partition coefficient (Wildman–Crippen LogP) is 4.67. The van der Waals surface area contributed by atoms with Gasteiger partial charge < -0.3 is 10.6 Å². The Morgan fingerprint density at radius 1 is 1.09 bits per heavy atom. The van der Waals surface area contributed by atoms with Crippen molar-refractivity contribution in [2.24, 2.45) is 0 Å². The van der Waals surface area contributed by atoms with E-state index in [1.165, 1.54) is 32.1 Å². The molecule has 2 N–H and O–H groups in total. The van der Waals surface area contributed by atoms with Gasteiger partial charge in [0.15, 0.2) is 5.82 Å². The molecule has 1 fully saturated rings. The maximum absolute atomic E-state index is 6.14. The zero-order chi connectivity index (χ0) is 15.4. The highest BCUT2D eigenvalue weighted by Gasteiger charge is 2.14. The van der Waals surface area contributed by atoms with Crippen LogP contribution in [0.15, 0.2) is 24.4 Å². The SMILES string of the molecule is Clc1ccc(Nc2nncc(NC3CCCCC3)n2)c(Cl)c1. The van der Waals surface area contributed by atoms with Crippen LogP contribution in [0.5, 0.6) is 0 Å². The van der Waals surface area contributed by atoms with Gasteiger partial charge in [-0.05, 0) is 31.0 Å². The Hall–Kier alpha value is -1.59. The molecule has 22 heavy (non-hydrogen) atoms. The summed E-state index contributed by atoms with van der Waals surface area (Å²) in [6, 6.07) is 5.68. The number of halogens is 2. The average molecular weight is 338 g/mol. The van der Waals surface area contributed by atoms with Gasteiger partial charge in [0.25, 0.3) is 0 Å². The fourth-order valence-electron chi connectivity index (χ4n) is 2.59. The Kier molecular flexibility index (Phi) is 4.95. The van der Waals surface area contributed by atoms with Crippen LogP contribution in [0.1, 0.15) is 32.1 Å². The monoisotopic (exact) mass is 337 g/mol. The largest absolute Gasteiger partial charge is 0.366 e. The molecular weight excluding hydrogens is 321 g/mol. The average Bonchev–Trinajstić information content (AvgIpc) is 2.52. The van der Waals surface area contributed by atoms with Crippen LogP contribution in [0.2, 0.25) is 10.0 Å². The molecule has 0 amide bonds. The molecule has 0 radical (unpaired) electrons. The minimum absolute atomic E-state index is 0.407. The maximum Gasteiger partial charge on any atom is 0.249 e. The molecule has 2 aromatic rings. The standard InChI is InChI=1S/C15H17Cl2N5/c16-10-6-7-13(12(17)8-10)20-15-21-14(9-18-22-15)19-11-4-2-1-3-5-11/h6-9,11H,1-5H2,(H2,19,20,21,22). The van der Waals surface area contributed by atoms with Gasteiger partial charge >= 0.3 is 0 Å². The number of nitrogens with one attached hydrogen (secondary N) is 2. The molecule has 0 saturated heterocycles. The number of rotatable bonds is 4. The number of hydrogen-bond donors (Lipinski definition) is 2. The van der Waals surface area contributed by atoms with E-state index in [2.05, 4.69) is 25.8 Å². The van der Waals surface area contributed by atoms with Crippen molar-refractivity contribution < 1.29 is 0 Å². The zero-order valence-electron chi connectivity index (χ0n) is 12.0. The number of nitrogens with zero attached hydrogens (tertiary/aromatic N) is 3. The molecule has 0 spiro atoms. The molecular formula is C15H17Cl2N5. The van der Waals surface area contributed by atoms with Crippen molar-refractivity contribution in [3.8, 4) is 0 Å². The van der Waals surface area contributed by atoms with Crippen LogP contribution >= 0.6 is 23.2 Å². The molecule has 1 aliphatic rings. The third-order valence-electron chi connectivity index (χ3n) is 3.69. The van der Waals surface area contributed by atoms with E-state index >= 15 is 0 Å². The van der Waals surface area contributed by atoms with Gasteiger partial charge in [-0.25, -0.2) is 0 Å². The summed E-state index contributed by atoms with van der Waals surface area (Å²) in [6.07, 6.45) is 7.85. The van der Waals surface area contributed by atoms with E-state index in [9.17, 15) is 0 Å². The predicted molar refractivity (Wildman–Crippen MR) is 90.1 cm³/mol. The summed E-state index contributed by atoms with van der Waals surface area (Å²) in [5.41, 5.74) is 0.697. The van der Waals surface area contributed by atoms with Crippen molar-refractivity contribution in [2.75, 3.05) is 10.6 Å². The maximum atomic E-state index is 6.14. The first kappa shape index (κ1) is 15.3. The highest BCUT2D eigenvalue weighted by atomic mass is 35.5. The molecule has 5 nitrogen and oxygen atoms in total. The Labute approximate surface area is 139 Å². The summed E-state index contributed by atoms with van der Waals surface area (Å²) >= 11 is 12.0. The van der Waals surface area contributed by atoms with E-state index in [-0.39, 0.29) is 0 Å². The van der Waals surface area contributed by atoms with E-state index < -0.39 is 0 Å². The first-order valence-corrected chi connectivity index (χ1v) is 8.14. The molecule has 0 atom stereocenters. The van der Waals surface area contributed by atoms with Gasteiger partial charge in [-0.3, -0.25) is 0 Å². The topological polar surface area (TPSA) is 62.7 Å². The quantitative estimate of drug-likeness (QED) is 0.848. The second kappa shape index (κ2) is 7.11. The molecule has 1 saturated carbocycles. The minimum atomic E-state index is 0.407. The van der Waals surface area contributed by atoms with Gasteiger partial charge in [0.1, 0.15) is 0 Å². The van der Waals surface area contributed by atoms with E-state index in [4.69, 9.17) is 23.2 Å². The van der Waals surface area contributed by atoms with Crippen molar-refractivity contribution in [2.45, 2.75) is 38.1 Å². The smallest absolute Gasteiger partial charge is 0.249 e. The fourth-order valence-corrected chi connectivity index (χ4v) is 3.05. The Morgan fingerprint density at radius 2 is 1.91 bits per heavy atom. The third kappa shape index (κ3) is 3.99. The summed E-state index contributed by atoms with van der Waals surface area (Å²) < 4.78 is 0. The summed E-state index contributed by atoms with van der Waals surface area (Å²) in [4.78, 5) is 4.44. The molecule has 0 aliphatic heterocycles. The van der Waals surface area contributed by atoms with Crippen molar-refractivity contribution in [3.05, 3.63) is 34.4 Å².